The number of rotatable bonds is 6. The number of hydrogen-bond acceptors (Lipinski definition) is 6. The molecule has 1 aliphatic rings. The van der Waals surface area contributed by atoms with Crippen molar-refractivity contribution in [2.45, 2.75) is 0 Å². The van der Waals surface area contributed by atoms with E-state index in [-0.39, 0.29) is 21.1 Å². The Morgan fingerprint density at radius 2 is 1.65 bits per heavy atom. The van der Waals surface area contributed by atoms with Gasteiger partial charge in [0.25, 0.3) is 0 Å². The minimum atomic E-state index is 0. The van der Waals surface area contributed by atoms with Crippen molar-refractivity contribution >= 4 is 54.4 Å². The topological polar surface area (TPSA) is 31.8 Å². The van der Waals surface area contributed by atoms with Gasteiger partial charge in [0, 0.05) is 49.1 Å². The zero-order chi connectivity index (χ0) is 26.2. The molecule has 0 aliphatic carbocycles. The number of fused-ring (bicyclic) bond motifs is 3. The van der Waals surface area contributed by atoms with E-state index in [0.29, 0.717) is 11.5 Å². The van der Waals surface area contributed by atoms with Crippen LogP contribution in [0.2, 0.25) is 0 Å². The molecule has 0 radical (unpaired) electrons. The molecule has 1 aliphatic heterocycles. The van der Waals surface area contributed by atoms with Crippen molar-refractivity contribution in [3.8, 4) is 11.5 Å². The van der Waals surface area contributed by atoms with Gasteiger partial charge in [0.2, 0.25) is 0 Å². The van der Waals surface area contributed by atoms with Crippen LogP contribution in [0, 0.1) is 18.8 Å². The summed E-state index contributed by atoms with van der Waals surface area (Å²) in [6.07, 6.45) is 5.86. The van der Waals surface area contributed by atoms with Gasteiger partial charge in [0.15, 0.2) is 0 Å². The van der Waals surface area contributed by atoms with Crippen molar-refractivity contribution in [1.29, 1.82) is 0 Å². The van der Waals surface area contributed by atoms with Crippen LogP contribution in [0.25, 0.3) is 20.2 Å². The van der Waals surface area contributed by atoms with E-state index in [0.717, 1.165) is 28.3 Å². The van der Waals surface area contributed by atoms with Gasteiger partial charge in [-0.2, -0.15) is 12.7 Å². The summed E-state index contributed by atoms with van der Waals surface area (Å²) < 4.78 is 8.87. The summed E-state index contributed by atoms with van der Waals surface area (Å²) in [6, 6.07) is 39.5. The third-order valence-electron chi connectivity index (χ3n) is 6.50. The van der Waals surface area contributed by atoms with Gasteiger partial charge in [-0.05, 0) is 55.2 Å². The van der Waals surface area contributed by atoms with Crippen LogP contribution in [-0.2, 0) is 21.1 Å². The fourth-order valence-corrected chi connectivity index (χ4v) is 5.93. The average molecular weight is 719 g/mol. The summed E-state index contributed by atoms with van der Waals surface area (Å²) >= 11 is 1.77. The molecule has 3 heterocycles. The first-order chi connectivity index (χ1) is 19.2. The molecule has 5 nitrogen and oxygen atoms in total. The number of aromatic nitrogens is 1. The van der Waals surface area contributed by atoms with E-state index in [2.05, 4.69) is 69.4 Å². The first kappa shape index (κ1) is 26.1. The smallest absolute Gasteiger partial charge is 0.135 e. The molecule has 7 heteroatoms. The van der Waals surface area contributed by atoms with Crippen LogP contribution < -0.4 is 14.5 Å². The Kier molecular flexibility index (Phi) is 7.29. The molecule has 2 aromatic heterocycles. The van der Waals surface area contributed by atoms with Crippen molar-refractivity contribution < 1.29 is 25.8 Å². The summed E-state index contributed by atoms with van der Waals surface area (Å²) in [6.45, 7) is 2.04. The summed E-state index contributed by atoms with van der Waals surface area (Å²) in [4.78, 5) is 10.8. The molecule has 0 fully saturated rings. The van der Waals surface area contributed by atoms with Crippen LogP contribution in [0.15, 0.2) is 116 Å². The normalized spacial score (nSPS) is 12.6. The maximum atomic E-state index is 6.46. The van der Waals surface area contributed by atoms with E-state index in [1.54, 1.807) is 17.5 Å². The second-order valence-corrected chi connectivity index (χ2v) is 10.2. The van der Waals surface area contributed by atoms with Gasteiger partial charge in [0.1, 0.15) is 5.82 Å². The Labute approximate surface area is 251 Å². The summed E-state index contributed by atoms with van der Waals surface area (Å²) in [7, 11) is 2.01. The van der Waals surface area contributed by atoms with E-state index >= 15 is 0 Å². The van der Waals surface area contributed by atoms with Gasteiger partial charge in [-0.3, -0.25) is 0 Å². The standard InChI is InChI=1S/C33H23N4OS.Pt/c1-35-18-19-36(23-35)30-22-27(21-29-28-14-5-6-15-31(28)39-33(29)30)38-26-13-9-12-25(20-26)37(24-10-3-2-4-11-24)32-16-7-8-17-34-32;/h2-19,21,23H,1H3;/q-3;. The van der Waals surface area contributed by atoms with E-state index in [1.807, 2.05) is 85.6 Å². The minimum Gasteiger partial charge on any atom is -0.510 e. The molecule has 200 valence electrons. The number of pyridine rings is 1. The molecule has 6 aromatic rings. The SMILES string of the molecule is CN1C=CN(c2[c-]c(Oc3[c-]c(N(c4ccccc4)c4ccccn4)ccc3)cc3c2sc2ccccc23)[CH-]1.[Pt]. The molecule has 0 amide bonds. The van der Waals surface area contributed by atoms with Crippen molar-refractivity contribution in [3.63, 3.8) is 0 Å². The van der Waals surface area contributed by atoms with Gasteiger partial charge in [-0.15, -0.1) is 35.7 Å². The summed E-state index contributed by atoms with van der Waals surface area (Å²) in [5.41, 5.74) is 2.78. The van der Waals surface area contributed by atoms with Crippen LogP contribution in [0.4, 0.5) is 22.9 Å². The minimum absolute atomic E-state index is 0. The van der Waals surface area contributed by atoms with Gasteiger partial charge < -0.3 is 19.4 Å². The van der Waals surface area contributed by atoms with Crippen molar-refractivity contribution in [2.24, 2.45) is 0 Å². The molecule has 0 spiro atoms. The van der Waals surface area contributed by atoms with Crippen LogP contribution in [-0.4, -0.2) is 16.9 Å². The molecular weight excluding hydrogens is 696 g/mol. The first-order valence-electron chi connectivity index (χ1n) is 12.6. The second-order valence-electron chi connectivity index (χ2n) is 9.17. The molecule has 0 N–H and O–H groups in total. The Balaban J connectivity index is 0.00000289. The number of anilines is 4. The van der Waals surface area contributed by atoms with E-state index in [1.165, 1.54) is 14.8 Å². The number of nitrogens with zero attached hydrogens (tertiary/aromatic N) is 4. The van der Waals surface area contributed by atoms with Crippen LogP contribution in [0.5, 0.6) is 11.5 Å². The number of thiophene rings is 1. The quantitative estimate of drug-likeness (QED) is 0.161. The van der Waals surface area contributed by atoms with E-state index < -0.39 is 0 Å². The number of benzene rings is 4. The van der Waals surface area contributed by atoms with Gasteiger partial charge in [-0.1, -0.05) is 58.5 Å². The van der Waals surface area contributed by atoms with Gasteiger partial charge in [0.05, 0.1) is 0 Å². The predicted octanol–water partition coefficient (Wildman–Crippen LogP) is 8.65. The Bertz CT molecular complexity index is 1770. The third kappa shape index (κ3) is 4.97. The van der Waals surface area contributed by atoms with Gasteiger partial charge in [-0.25, -0.2) is 16.3 Å². The van der Waals surface area contributed by atoms with E-state index in [4.69, 9.17) is 4.74 Å². The maximum absolute atomic E-state index is 6.46. The van der Waals surface area contributed by atoms with Crippen molar-refractivity contribution in [3.05, 3.63) is 134 Å². The van der Waals surface area contributed by atoms with Crippen LogP contribution in [0.3, 0.4) is 0 Å². The third-order valence-corrected chi connectivity index (χ3v) is 7.69. The van der Waals surface area contributed by atoms with Crippen LogP contribution in [0.1, 0.15) is 0 Å². The maximum Gasteiger partial charge on any atom is 0.135 e. The first-order valence-corrected chi connectivity index (χ1v) is 13.4. The molecule has 7 rings (SSSR count). The fourth-order valence-electron chi connectivity index (χ4n) is 4.75. The molecule has 0 atom stereocenters. The van der Waals surface area contributed by atoms with E-state index in [9.17, 15) is 0 Å². The number of ether oxygens (including phenoxy) is 1. The Morgan fingerprint density at radius 3 is 2.45 bits per heavy atom. The number of para-hydroxylation sites is 1. The zero-order valence-electron chi connectivity index (χ0n) is 21.5. The largest absolute Gasteiger partial charge is 0.510 e. The predicted molar refractivity (Wildman–Crippen MR) is 160 cm³/mol. The molecule has 0 saturated carbocycles. The Morgan fingerprint density at radius 1 is 0.825 bits per heavy atom. The van der Waals surface area contributed by atoms with Crippen LogP contribution >= 0.6 is 11.3 Å². The Hall–Kier alpha value is -4.12. The monoisotopic (exact) mass is 718 g/mol. The van der Waals surface area contributed by atoms with Gasteiger partial charge >= 0.3 is 0 Å². The molecule has 4 aromatic carbocycles. The average Bonchev–Trinajstić information content (AvgIpc) is 3.58. The van der Waals surface area contributed by atoms with Crippen molar-refractivity contribution in [1.82, 2.24) is 9.88 Å². The molecule has 0 unspecified atom stereocenters. The summed E-state index contributed by atoms with van der Waals surface area (Å²) in [5, 5.41) is 2.35. The van der Waals surface area contributed by atoms with Crippen molar-refractivity contribution in [2.75, 3.05) is 16.8 Å². The summed E-state index contributed by atoms with van der Waals surface area (Å²) in [5.74, 6) is 2.04. The molecule has 0 saturated heterocycles. The molecular formula is C33H23N4OPtS-3. The second kappa shape index (κ2) is 11.2. The molecule has 0 bridgehead atoms. The zero-order valence-corrected chi connectivity index (χ0v) is 24.6. The number of hydrogen-bond donors (Lipinski definition) is 0. The molecule has 40 heavy (non-hydrogen) atoms. The fraction of sp³-hybridized carbons (Fsp3) is 0.0303.